The molecule has 0 aliphatic rings. The summed E-state index contributed by atoms with van der Waals surface area (Å²) in [5.41, 5.74) is 5.61. The highest BCUT2D eigenvalue weighted by molar-refractivity contribution is 7.99. The zero-order valence-electron chi connectivity index (χ0n) is 14.8. The van der Waals surface area contributed by atoms with E-state index in [1.165, 1.54) is 22.7 Å². The average molecular weight is 385 g/mol. The van der Waals surface area contributed by atoms with Gasteiger partial charge in [0, 0.05) is 5.69 Å². The molecule has 9 nitrogen and oxygen atoms in total. The van der Waals surface area contributed by atoms with Gasteiger partial charge in [-0.05, 0) is 37.6 Å². The number of aryl methyl sites for hydroxylation is 2. The Morgan fingerprint density at radius 2 is 2.22 bits per heavy atom. The van der Waals surface area contributed by atoms with Gasteiger partial charge in [-0.25, -0.2) is 10.1 Å². The minimum absolute atomic E-state index is 0.151. The molecular formula is C17H19N7O2S. The Bertz CT molecular complexity index is 950. The molecule has 0 saturated heterocycles. The van der Waals surface area contributed by atoms with Gasteiger partial charge in [0.05, 0.1) is 18.2 Å². The fourth-order valence-electron chi connectivity index (χ4n) is 2.24. The number of hydrogen-bond donors (Lipinski definition) is 3. The van der Waals surface area contributed by atoms with Crippen LogP contribution < -0.4 is 16.6 Å². The highest BCUT2D eigenvalue weighted by Crippen LogP contribution is 2.19. The maximum absolute atomic E-state index is 12.2. The van der Waals surface area contributed by atoms with Gasteiger partial charge in [0.2, 0.25) is 11.1 Å². The van der Waals surface area contributed by atoms with Gasteiger partial charge in [-0.2, -0.15) is 5.10 Å². The van der Waals surface area contributed by atoms with E-state index in [1.54, 1.807) is 18.4 Å². The summed E-state index contributed by atoms with van der Waals surface area (Å²) in [6.07, 6.45) is 3.03. The third kappa shape index (κ3) is 4.88. The number of furan rings is 1. The fourth-order valence-corrected chi connectivity index (χ4v) is 2.90. The zero-order valence-corrected chi connectivity index (χ0v) is 15.7. The fraction of sp³-hybridized carbons (Fsp3) is 0.176. The van der Waals surface area contributed by atoms with Crippen LogP contribution in [0.1, 0.15) is 16.9 Å². The Labute approximate surface area is 160 Å². The van der Waals surface area contributed by atoms with E-state index < -0.39 is 0 Å². The number of carbonyl (C=O) groups excluding carboxylic acids is 1. The smallest absolute Gasteiger partial charge is 0.264 e. The van der Waals surface area contributed by atoms with E-state index in [4.69, 9.17) is 10.3 Å². The molecule has 1 aromatic carbocycles. The van der Waals surface area contributed by atoms with Crippen molar-refractivity contribution in [2.75, 3.05) is 22.3 Å². The van der Waals surface area contributed by atoms with Crippen molar-refractivity contribution >= 4 is 35.5 Å². The van der Waals surface area contributed by atoms with Gasteiger partial charge < -0.3 is 15.6 Å². The van der Waals surface area contributed by atoms with Crippen molar-refractivity contribution in [1.82, 2.24) is 14.9 Å². The first-order valence-corrected chi connectivity index (χ1v) is 9.04. The lowest BCUT2D eigenvalue weighted by Crippen LogP contribution is -2.17. The molecule has 0 spiro atoms. The maximum atomic E-state index is 12.2. The molecule has 2 heterocycles. The standard InChI is InChI=1S/C17H19N7O2S/c1-11-5-6-14(12(2)8-11)20-15(25)10-27-17-23-22-16(24(17)18)21-19-9-13-4-3-7-26-13/h3-9H,10,18H2,1-2H3,(H,20,25)(H,21,22)/b19-9+. The largest absolute Gasteiger partial charge is 0.463 e. The van der Waals surface area contributed by atoms with E-state index in [2.05, 4.69) is 26.0 Å². The van der Waals surface area contributed by atoms with Crippen LogP contribution in [0.3, 0.4) is 0 Å². The summed E-state index contributed by atoms with van der Waals surface area (Å²) in [5, 5.41) is 15.1. The van der Waals surface area contributed by atoms with Gasteiger partial charge in [-0.3, -0.25) is 4.79 Å². The normalized spacial score (nSPS) is 11.0. The Hall–Kier alpha value is -3.27. The lowest BCUT2D eigenvalue weighted by Gasteiger charge is -2.08. The number of nitrogen functional groups attached to an aromatic ring is 1. The molecule has 3 rings (SSSR count). The number of nitrogens with one attached hydrogen (secondary N) is 2. The van der Waals surface area contributed by atoms with Crippen molar-refractivity contribution in [3.05, 3.63) is 53.5 Å². The van der Waals surface area contributed by atoms with Gasteiger partial charge in [-0.15, -0.1) is 10.2 Å². The van der Waals surface area contributed by atoms with Crippen LogP contribution in [-0.4, -0.2) is 32.7 Å². The van der Waals surface area contributed by atoms with Gasteiger partial charge in [0.25, 0.3) is 5.95 Å². The molecule has 3 aromatic rings. The number of aromatic nitrogens is 3. The number of anilines is 2. The average Bonchev–Trinajstić information content (AvgIpc) is 3.27. The highest BCUT2D eigenvalue weighted by atomic mass is 32.2. The Kier molecular flexibility index (Phi) is 5.77. The van der Waals surface area contributed by atoms with Crippen molar-refractivity contribution in [2.24, 2.45) is 5.10 Å². The summed E-state index contributed by atoms with van der Waals surface area (Å²) < 4.78 is 6.35. The molecule has 0 fully saturated rings. The summed E-state index contributed by atoms with van der Waals surface area (Å²) in [6, 6.07) is 9.37. The van der Waals surface area contributed by atoms with Crippen LogP contribution in [-0.2, 0) is 4.79 Å². The van der Waals surface area contributed by atoms with E-state index in [1.807, 2.05) is 32.0 Å². The number of amides is 1. The predicted molar refractivity (Wildman–Crippen MR) is 105 cm³/mol. The van der Waals surface area contributed by atoms with E-state index >= 15 is 0 Å². The molecule has 0 bridgehead atoms. The van der Waals surface area contributed by atoms with Gasteiger partial charge in [0.1, 0.15) is 5.76 Å². The van der Waals surface area contributed by atoms with Crippen LogP contribution >= 0.6 is 11.8 Å². The molecule has 27 heavy (non-hydrogen) atoms. The van der Waals surface area contributed by atoms with E-state index in [9.17, 15) is 4.79 Å². The van der Waals surface area contributed by atoms with E-state index in [0.717, 1.165) is 16.8 Å². The van der Waals surface area contributed by atoms with Gasteiger partial charge >= 0.3 is 0 Å². The molecular weight excluding hydrogens is 366 g/mol. The molecule has 2 aromatic heterocycles. The summed E-state index contributed by atoms with van der Waals surface area (Å²) in [5.74, 6) is 6.75. The first-order valence-electron chi connectivity index (χ1n) is 8.06. The second kappa shape index (κ2) is 8.41. The van der Waals surface area contributed by atoms with E-state index in [0.29, 0.717) is 10.9 Å². The molecule has 10 heteroatoms. The molecule has 0 saturated carbocycles. The Morgan fingerprint density at radius 1 is 1.37 bits per heavy atom. The van der Waals surface area contributed by atoms with Crippen LogP contribution in [0.15, 0.2) is 51.3 Å². The molecule has 0 aliphatic carbocycles. The third-order valence-corrected chi connectivity index (χ3v) is 4.50. The second-order valence-electron chi connectivity index (χ2n) is 5.72. The molecule has 0 aliphatic heterocycles. The van der Waals surface area contributed by atoms with Crippen LogP contribution in [0.4, 0.5) is 11.6 Å². The van der Waals surface area contributed by atoms with Gasteiger partial charge in [-0.1, -0.05) is 29.5 Å². The summed E-state index contributed by atoms with van der Waals surface area (Å²) >= 11 is 1.18. The molecule has 4 N–H and O–H groups in total. The number of thioether (sulfide) groups is 1. The Balaban J connectivity index is 1.53. The summed E-state index contributed by atoms with van der Waals surface area (Å²) in [6.45, 7) is 3.96. The number of rotatable bonds is 7. The number of benzene rings is 1. The zero-order chi connectivity index (χ0) is 19.2. The second-order valence-corrected chi connectivity index (χ2v) is 6.66. The first-order chi connectivity index (χ1) is 13.0. The number of hydrazone groups is 1. The van der Waals surface area contributed by atoms with Crippen molar-refractivity contribution < 1.29 is 9.21 Å². The first kappa shape index (κ1) is 18.5. The lowest BCUT2D eigenvalue weighted by molar-refractivity contribution is -0.113. The van der Waals surface area contributed by atoms with Crippen LogP contribution in [0.5, 0.6) is 0 Å². The third-order valence-electron chi connectivity index (χ3n) is 3.55. The van der Waals surface area contributed by atoms with Crippen molar-refractivity contribution in [3.63, 3.8) is 0 Å². The minimum Gasteiger partial charge on any atom is -0.463 e. The van der Waals surface area contributed by atoms with Crippen molar-refractivity contribution in [1.29, 1.82) is 0 Å². The molecule has 1 amide bonds. The van der Waals surface area contributed by atoms with E-state index in [-0.39, 0.29) is 17.6 Å². The lowest BCUT2D eigenvalue weighted by atomic mass is 10.1. The summed E-state index contributed by atoms with van der Waals surface area (Å²) in [7, 11) is 0. The SMILES string of the molecule is Cc1ccc(NC(=O)CSc2nnc(N/N=C/c3ccco3)n2N)c(C)c1. The minimum atomic E-state index is -0.152. The maximum Gasteiger partial charge on any atom is 0.264 e. The highest BCUT2D eigenvalue weighted by Gasteiger charge is 2.12. The number of hydrogen-bond acceptors (Lipinski definition) is 8. The molecule has 0 atom stereocenters. The molecule has 140 valence electrons. The van der Waals surface area contributed by atoms with Crippen LogP contribution in [0.25, 0.3) is 0 Å². The topological polar surface area (TPSA) is 123 Å². The van der Waals surface area contributed by atoms with Crippen molar-refractivity contribution in [3.8, 4) is 0 Å². The number of nitrogens with two attached hydrogens (primary N) is 1. The molecule has 0 radical (unpaired) electrons. The number of carbonyl (C=O) groups is 1. The number of nitrogens with zero attached hydrogens (tertiary/aromatic N) is 4. The molecule has 0 unspecified atom stereocenters. The van der Waals surface area contributed by atoms with Crippen LogP contribution in [0, 0.1) is 13.8 Å². The van der Waals surface area contributed by atoms with Crippen molar-refractivity contribution in [2.45, 2.75) is 19.0 Å². The van der Waals surface area contributed by atoms with Gasteiger partial charge in [0.15, 0.2) is 0 Å². The summed E-state index contributed by atoms with van der Waals surface area (Å²) in [4.78, 5) is 12.2. The predicted octanol–water partition coefficient (Wildman–Crippen LogP) is 2.38. The Morgan fingerprint density at radius 3 is 2.96 bits per heavy atom. The quantitative estimate of drug-likeness (QED) is 0.247. The monoisotopic (exact) mass is 385 g/mol. The van der Waals surface area contributed by atoms with Crippen LogP contribution in [0.2, 0.25) is 0 Å².